The summed E-state index contributed by atoms with van der Waals surface area (Å²) in [5.41, 5.74) is -0.618. The summed E-state index contributed by atoms with van der Waals surface area (Å²) >= 11 is 0. The summed E-state index contributed by atoms with van der Waals surface area (Å²) < 4.78 is 0. The van der Waals surface area contributed by atoms with E-state index in [9.17, 15) is 5.11 Å². The number of aliphatic hydroxyl groups is 1. The van der Waals surface area contributed by atoms with Gasteiger partial charge in [-0.3, -0.25) is 0 Å². The van der Waals surface area contributed by atoms with Crippen molar-refractivity contribution in [3.05, 3.63) is 0 Å². The average molecular weight is 226 g/mol. The molecule has 2 fully saturated rings. The Balaban J connectivity index is 1.83. The highest BCUT2D eigenvalue weighted by Crippen LogP contribution is 2.27. The monoisotopic (exact) mass is 226 g/mol. The Hall–Kier alpha value is -0.120. The number of nitrogens with zero attached hydrogens (tertiary/aromatic N) is 1. The molecule has 0 bridgehead atoms. The normalized spacial score (nSPS) is 33.8. The minimum absolute atomic E-state index is 0.172. The van der Waals surface area contributed by atoms with Gasteiger partial charge in [0, 0.05) is 18.1 Å². The van der Waals surface area contributed by atoms with Gasteiger partial charge in [0.1, 0.15) is 0 Å². The first-order chi connectivity index (χ1) is 7.47. The van der Waals surface area contributed by atoms with Crippen molar-refractivity contribution in [3.63, 3.8) is 0 Å². The summed E-state index contributed by atoms with van der Waals surface area (Å²) in [7, 11) is 0. The number of fused-ring (bicyclic) bond motifs is 1. The van der Waals surface area contributed by atoms with Gasteiger partial charge in [-0.2, -0.15) is 0 Å². The maximum atomic E-state index is 9.93. The summed E-state index contributed by atoms with van der Waals surface area (Å²) in [4.78, 5) is 2.63. The molecule has 0 aromatic rings. The Morgan fingerprint density at radius 2 is 2.06 bits per heavy atom. The lowest BCUT2D eigenvalue weighted by molar-refractivity contribution is 0.0333. The van der Waals surface area contributed by atoms with E-state index in [0.717, 1.165) is 6.04 Å². The van der Waals surface area contributed by atoms with Gasteiger partial charge in [-0.1, -0.05) is 0 Å². The predicted molar refractivity (Wildman–Crippen MR) is 66.5 cm³/mol. The Morgan fingerprint density at radius 1 is 1.31 bits per heavy atom. The van der Waals surface area contributed by atoms with E-state index in [0.29, 0.717) is 6.04 Å². The van der Waals surface area contributed by atoms with Crippen molar-refractivity contribution < 1.29 is 5.11 Å². The number of piperidine rings is 1. The Kier molecular flexibility index (Phi) is 3.57. The van der Waals surface area contributed by atoms with E-state index in [1.165, 1.54) is 38.8 Å². The maximum absolute atomic E-state index is 9.93. The molecule has 2 aliphatic heterocycles. The Morgan fingerprint density at radius 3 is 2.75 bits per heavy atom. The maximum Gasteiger partial charge on any atom is 0.0741 e. The van der Waals surface area contributed by atoms with E-state index in [1.54, 1.807) is 0 Å². The first-order valence-corrected chi connectivity index (χ1v) is 6.69. The van der Waals surface area contributed by atoms with Crippen LogP contribution in [0.4, 0.5) is 0 Å². The summed E-state index contributed by atoms with van der Waals surface area (Å²) in [6.45, 7) is 8.39. The van der Waals surface area contributed by atoms with Gasteiger partial charge in [-0.05, 0) is 59.5 Å². The summed E-state index contributed by atoms with van der Waals surface area (Å²) in [5.74, 6) is 0. The van der Waals surface area contributed by atoms with E-state index in [-0.39, 0.29) is 6.04 Å². The van der Waals surface area contributed by atoms with Gasteiger partial charge in [-0.25, -0.2) is 0 Å². The molecule has 0 amide bonds. The van der Waals surface area contributed by atoms with E-state index in [4.69, 9.17) is 0 Å². The predicted octanol–water partition coefficient (Wildman–Crippen LogP) is 1.36. The highest BCUT2D eigenvalue weighted by molar-refractivity contribution is 4.92. The molecular formula is C13H26N2O. The second-order valence-electron chi connectivity index (χ2n) is 6.10. The quantitative estimate of drug-likeness (QED) is 0.763. The minimum atomic E-state index is -0.618. The fraction of sp³-hybridized carbons (Fsp3) is 1.00. The van der Waals surface area contributed by atoms with Crippen LogP contribution in [0.5, 0.6) is 0 Å². The fourth-order valence-corrected chi connectivity index (χ4v) is 2.93. The third-order valence-corrected chi connectivity index (χ3v) is 4.37. The second kappa shape index (κ2) is 4.63. The zero-order chi connectivity index (χ0) is 11.8. The van der Waals surface area contributed by atoms with Crippen LogP contribution in [0, 0.1) is 0 Å². The fourth-order valence-electron chi connectivity index (χ4n) is 2.93. The topological polar surface area (TPSA) is 35.5 Å². The van der Waals surface area contributed by atoms with Crippen LogP contribution in [-0.2, 0) is 0 Å². The summed E-state index contributed by atoms with van der Waals surface area (Å²) in [5, 5.41) is 13.5. The molecule has 2 aliphatic rings. The highest BCUT2D eigenvalue weighted by Gasteiger charge is 2.33. The van der Waals surface area contributed by atoms with Crippen LogP contribution in [0.2, 0.25) is 0 Å². The van der Waals surface area contributed by atoms with Gasteiger partial charge in [0.05, 0.1) is 5.60 Å². The van der Waals surface area contributed by atoms with Crippen LogP contribution in [0.3, 0.4) is 0 Å². The molecule has 2 N–H and O–H groups in total. The second-order valence-corrected chi connectivity index (χ2v) is 6.10. The molecule has 16 heavy (non-hydrogen) atoms. The molecule has 0 aromatic carbocycles. The molecular weight excluding hydrogens is 200 g/mol. The number of hydrogen-bond acceptors (Lipinski definition) is 3. The van der Waals surface area contributed by atoms with E-state index in [1.807, 2.05) is 13.8 Å². The van der Waals surface area contributed by atoms with Crippen LogP contribution in [0.1, 0.15) is 46.5 Å². The number of nitrogens with one attached hydrogen (secondary N) is 1. The molecule has 0 aliphatic carbocycles. The Labute approximate surface area is 99.2 Å². The SMILES string of the molecule is CC(NC1CCN2CCCC2C1)C(C)(C)O. The largest absolute Gasteiger partial charge is 0.389 e. The molecule has 2 rings (SSSR count). The van der Waals surface area contributed by atoms with E-state index >= 15 is 0 Å². The van der Waals surface area contributed by atoms with Crippen LogP contribution in [-0.4, -0.2) is 46.8 Å². The lowest BCUT2D eigenvalue weighted by Crippen LogP contribution is -2.53. The lowest BCUT2D eigenvalue weighted by Gasteiger charge is -2.38. The van der Waals surface area contributed by atoms with Crippen molar-refractivity contribution in [2.75, 3.05) is 13.1 Å². The smallest absolute Gasteiger partial charge is 0.0741 e. The zero-order valence-electron chi connectivity index (χ0n) is 10.9. The highest BCUT2D eigenvalue weighted by atomic mass is 16.3. The van der Waals surface area contributed by atoms with E-state index < -0.39 is 5.60 Å². The molecule has 3 atom stereocenters. The van der Waals surface area contributed by atoms with Gasteiger partial charge in [-0.15, -0.1) is 0 Å². The third-order valence-electron chi connectivity index (χ3n) is 4.37. The zero-order valence-corrected chi connectivity index (χ0v) is 10.9. The van der Waals surface area contributed by atoms with Crippen LogP contribution in [0.15, 0.2) is 0 Å². The van der Waals surface area contributed by atoms with Gasteiger partial charge in [0.2, 0.25) is 0 Å². The summed E-state index contributed by atoms with van der Waals surface area (Å²) in [6.07, 6.45) is 5.24. The molecule has 0 aromatic heterocycles. The minimum Gasteiger partial charge on any atom is -0.389 e. The molecule has 2 saturated heterocycles. The van der Waals surface area contributed by atoms with Crippen molar-refractivity contribution in [2.24, 2.45) is 0 Å². The van der Waals surface area contributed by atoms with Crippen molar-refractivity contribution in [3.8, 4) is 0 Å². The molecule has 0 saturated carbocycles. The lowest BCUT2D eigenvalue weighted by atomic mass is 9.94. The molecule has 0 spiro atoms. The average Bonchev–Trinajstić information content (AvgIpc) is 2.63. The first kappa shape index (κ1) is 12.3. The van der Waals surface area contributed by atoms with Crippen molar-refractivity contribution in [1.29, 1.82) is 0 Å². The summed E-state index contributed by atoms with van der Waals surface area (Å²) in [6, 6.07) is 1.58. The molecule has 3 heteroatoms. The molecule has 3 unspecified atom stereocenters. The van der Waals surface area contributed by atoms with Crippen molar-refractivity contribution in [1.82, 2.24) is 10.2 Å². The Bertz CT molecular complexity index is 237. The van der Waals surface area contributed by atoms with Gasteiger partial charge in [0.15, 0.2) is 0 Å². The van der Waals surface area contributed by atoms with E-state index in [2.05, 4.69) is 17.1 Å². The molecule has 2 heterocycles. The molecule has 3 nitrogen and oxygen atoms in total. The van der Waals surface area contributed by atoms with Gasteiger partial charge < -0.3 is 15.3 Å². The van der Waals surface area contributed by atoms with Crippen LogP contribution in [0.25, 0.3) is 0 Å². The standard InChI is InChI=1S/C13H26N2O/c1-10(13(2,3)16)14-11-6-8-15-7-4-5-12(15)9-11/h10-12,14,16H,4-9H2,1-3H3. The van der Waals surface area contributed by atoms with Crippen molar-refractivity contribution >= 4 is 0 Å². The third kappa shape index (κ3) is 2.76. The van der Waals surface area contributed by atoms with Gasteiger partial charge in [0.25, 0.3) is 0 Å². The number of hydrogen-bond donors (Lipinski definition) is 2. The van der Waals surface area contributed by atoms with Crippen LogP contribution < -0.4 is 5.32 Å². The van der Waals surface area contributed by atoms with Crippen LogP contribution >= 0.6 is 0 Å². The van der Waals surface area contributed by atoms with Gasteiger partial charge >= 0.3 is 0 Å². The molecule has 0 radical (unpaired) electrons. The number of rotatable bonds is 3. The first-order valence-electron chi connectivity index (χ1n) is 6.69. The van der Waals surface area contributed by atoms with Crippen molar-refractivity contribution in [2.45, 2.75) is 70.2 Å². The molecule has 94 valence electrons.